The molecule has 1 amide bonds. The summed E-state index contributed by atoms with van der Waals surface area (Å²) in [5.74, 6) is 0.858. The zero-order valence-electron chi connectivity index (χ0n) is 11.0. The summed E-state index contributed by atoms with van der Waals surface area (Å²) in [7, 11) is 0. The SMILES string of the molecule is CC[C@H]1CC[C@@H](NC(=O)OC(C)(C)C)CC1. The summed E-state index contributed by atoms with van der Waals surface area (Å²) in [4.78, 5) is 11.5. The fourth-order valence-electron chi connectivity index (χ4n) is 2.19. The molecular formula is C13H25NO2. The molecule has 16 heavy (non-hydrogen) atoms. The molecule has 0 aromatic heterocycles. The van der Waals surface area contributed by atoms with Crippen LogP contribution in [0.4, 0.5) is 4.79 Å². The third-order valence-electron chi connectivity index (χ3n) is 3.14. The van der Waals surface area contributed by atoms with Crippen LogP contribution in [0.1, 0.15) is 59.8 Å². The highest BCUT2D eigenvalue weighted by Crippen LogP contribution is 2.26. The maximum atomic E-state index is 11.5. The lowest BCUT2D eigenvalue weighted by atomic mass is 9.85. The fraction of sp³-hybridized carbons (Fsp3) is 0.923. The van der Waals surface area contributed by atoms with E-state index in [4.69, 9.17) is 4.74 Å². The highest BCUT2D eigenvalue weighted by Gasteiger charge is 2.23. The van der Waals surface area contributed by atoms with E-state index >= 15 is 0 Å². The quantitative estimate of drug-likeness (QED) is 0.784. The summed E-state index contributed by atoms with van der Waals surface area (Å²) in [5.41, 5.74) is -0.398. The highest BCUT2D eigenvalue weighted by atomic mass is 16.6. The second kappa shape index (κ2) is 5.55. The normalized spacial score (nSPS) is 26.2. The molecule has 0 aromatic carbocycles. The Hall–Kier alpha value is -0.730. The van der Waals surface area contributed by atoms with Crippen molar-refractivity contribution in [2.75, 3.05) is 0 Å². The number of carbonyl (C=O) groups excluding carboxylic acids is 1. The average Bonchev–Trinajstić information content (AvgIpc) is 2.16. The van der Waals surface area contributed by atoms with Crippen molar-refractivity contribution < 1.29 is 9.53 Å². The number of hydrogen-bond donors (Lipinski definition) is 1. The molecule has 0 unspecified atom stereocenters. The molecule has 1 rings (SSSR count). The standard InChI is InChI=1S/C13H25NO2/c1-5-10-6-8-11(9-7-10)14-12(15)16-13(2,3)4/h10-11H,5-9H2,1-4H3,(H,14,15)/t10-,11+. The molecule has 0 saturated heterocycles. The van der Waals surface area contributed by atoms with Crippen LogP contribution in [0.3, 0.4) is 0 Å². The van der Waals surface area contributed by atoms with Crippen LogP contribution >= 0.6 is 0 Å². The molecule has 1 N–H and O–H groups in total. The molecule has 1 saturated carbocycles. The number of hydrogen-bond acceptors (Lipinski definition) is 2. The first-order valence-electron chi connectivity index (χ1n) is 6.40. The average molecular weight is 227 g/mol. The van der Waals surface area contributed by atoms with Gasteiger partial charge in [-0.05, 0) is 52.4 Å². The van der Waals surface area contributed by atoms with Gasteiger partial charge in [0.15, 0.2) is 0 Å². The third kappa shape index (κ3) is 4.86. The molecule has 0 aromatic rings. The predicted octanol–water partition coefficient (Wildman–Crippen LogP) is 3.48. The second-order valence-corrected chi connectivity index (χ2v) is 5.77. The van der Waals surface area contributed by atoms with Crippen molar-refractivity contribution in [3.05, 3.63) is 0 Å². The summed E-state index contributed by atoms with van der Waals surface area (Å²) < 4.78 is 5.24. The first kappa shape index (κ1) is 13.3. The summed E-state index contributed by atoms with van der Waals surface area (Å²) in [6.45, 7) is 7.91. The van der Waals surface area contributed by atoms with E-state index in [0.717, 1.165) is 18.8 Å². The van der Waals surface area contributed by atoms with E-state index in [-0.39, 0.29) is 6.09 Å². The summed E-state index contributed by atoms with van der Waals surface area (Å²) >= 11 is 0. The largest absolute Gasteiger partial charge is 0.444 e. The Bertz CT molecular complexity index is 225. The van der Waals surface area contributed by atoms with Gasteiger partial charge in [-0.3, -0.25) is 0 Å². The van der Waals surface area contributed by atoms with Gasteiger partial charge in [-0.25, -0.2) is 4.79 Å². The van der Waals surface area contributed by atoms with E-state index in [1.54, 1.807) is 0 Å². The van der Waals surface area contributed by atoms with Crippen molar-refractivity contribution in [1.29, 1.82) is 0 Å². The van der Waals surface area contributed by atoms with Crippen LogP contribution in [-0.4, -0.2) is 17.7 Å². The summed E-state index contributed by atoms with van der Waals surface area (Å²) in [6.07, 6.45) is 5.65. The topological polar surface area (TPSA) is 38.3 Å². The Morgan fingerprint density at radius 2 is 1.81 bits per heavy atom. The summed E-state index contributed by atoms with van der Waals surface area (Å²) in [6, 6.07) is 0.317. The summed E-state index contributed by atoms with van der Waals surface area (Å²) in [5, 5.41) is 2.96. The lowest BCUT2D eigenvalue weighted by Gasteiger charge is -2.29. The van der Waals surface area contributed by atoms with Crippen LogP contribution in [0.15, 0.2) is 0 Å². The fourth-order valence-corrected chi connectivity index (χ4v) is 2.19. The Balaban J connectivity index is 2.26. The van der Waals surface area contributed by atoms with Gasteiger partial charge in [0.25, 0.3) is 0 Å². The van der Waals surface area contributed by atoms with Gasteiger partial charge in [-0.15, -0.1) is 0 Å². The number of alkyl carbamates (subject to hydrolysis) is 1. The van der Waals surface area contributed by atoms with Gasteiger partial charge in [0.2, 0.25) is 0 Å². The molecule has 0 radical (unpaired) electrons. The number of ether oxygens (including phenoxy) is 1. The lowest BCUT2D eigenvalue weighted by molar-refractivity contribution is 0.0487. The predicted molar refractivity (Wildman–Crippen MR) is 65.4 cm³/mol. The molecule has 1 fully saturated rings. The zero-order valence-corrected chi connectivity index (χ0v) is 11.0. The van der Waals surface area contributed by atoms with Crippen LogP contribution in [0, 0.1) is 5.92 Å². The van der Waals surface area contributed by atoms with Crippen LogP contribution in [-0.2, 0) is 4.74 Å². The maximum Gasteiger partial charge on any atom is 0.407 e. The van der Waals surface area contributed by atoms with Gasteiger partial charge in [-0.2, -0.15) is 0 Å². The van der Waals surface area contributed by atoms with Gasteiger partial charge in [-0.1, -0.05) is 13.3 Å². The second-order valence-electron chi connectivity index (χ2n) is 5.77. The van der Waals surface area contributed by atoms with Crippen LogP contribution < -0.4 is 5.32 Å². The highest BCUT2D eigenvalue weighted by molar-refractivity contribution is 5.68. The number of rotatable bonds is 2. The lowest BCUT2D eigenvalue weighted by Crippen LogP contribution is -2.40. The Morgan fingerprint density at radius 3 is 2.25 bits per heavy atom. The van der Waals surface area contributed by atoms with E-state index in [1.165, 1.54) is 19.3 Å². The van der Waals surface area contributed by atoms with Gasteiger partial charge in [0, 0.05) is 6.04 Å². The zero-order chi connectivity index (χ0) is 12.2. The monoisotopic (exact) mass is 227 g/mol. The van der Waals surface area contributed by atoms with E-state index in [0.29, 0.717) is 6.04 Å². The van der Waals surface area contributed by atoms with Crippen LogP contribution in [0.25, 0.3) is 0 Å². The molecule has 3 heteroatoms. The maximum absolute atomic E-state index is 11.5. The molecule has 0 bridgehead atoms. The smallest absolute Gasteiger partial charge is 0.407 e. The van der Waals surface area contributed by atoms with Crippen LogP contribution in [0.5, 0.6) is 0 Å². The van der Waals surface area contributed by atoms with Gasteiger partial charge in [0.05, 0.1) is 0 Å². The molecule has 1 aliphatic rings. The minimum atomic E-state index is -0.398. The first-order valence-corrected chi connectivity index (χ1v) is 6.40. The molecule has 94 valence electrons. The molecule has 0 heterocycles. The van der Waals surface area contributed by atoms with Gasteiger partial charge >= 0.3 is 6.09 Å². The van der Waals surface area contributed by atoms with Gasteiger partial charge < -0.3 is 10.1 Å². The number of carbonyl (C=O) groups is 1. The van der Waals surface area contributed by atoms with Crippen molar-refractivity contribution in [3.63, 3.8) is 0 Å². The Labute approximate surface area is 98.9 Å². The van der Waals surface area contributed by atoms with Crippen molar-refractivity contribution in [1.82, 2.24) is 5.32 Å². The van der Waals surface area contributed by atoms with Crippen molar-refractivity contribution in [3.8, 4) is 0 Å². The Morgan fingerprint density at radius 1 is 1.25 bits per heavy atom. The first-order chi connectivity index (χ1) is 7.40. The minimum absolute atomic E-state index is 0.271. The number of amides is 1. The minimum Gasteiger partial charge on any atom is -0.444 e. The van der Waals surface area contributed by atoms with E-state index in [2.05, 4.69) is 12.2 Å². The molecule has 3 nitrogen and oxygen atoms in total. The van der Waals surface area contributed by atoms with Crippen LogP contribution in [0.2, 0.25) is 0 Å². The number of nitrogens with one attached hydrogen (secondary N) is 1. The van der Waals surface area contributed by atoms with E-state index in [9.17, 15) is 4.79 Å². The molecule has 0 atom stereocenters. The third-order valence-corrected chi connectivity index (χ3v) is 3.14. The molecular weight excluding hydrogens is 202 g/mol. The van der Waals surface area contributed by atoms with Crippen molar-refractivity contribution in [2.45, 2.75) is 71.4 Å². The molecule has 0 aliphatic heterocycles. The van der Waals surface area contributed by atoms with Crippen molar-refractivity contribution in [2.24, 2.45) is 5.92 Å². The van der Waals surface area contributed by atoms with E-state index < -0.39 is 5.60 Å². The van der Waals surface area contributed by atoms with Gasteiger partial charge in [0.1, 0.15) is 5.60 Å². The molecule has 0 spiro atoms. The van der Waals surface area contributed by atoms with E-state index in [1.807, 2.05) is 20.8 Å². The molecule has 1 aliphatic carbocycles. The van der Waals surface area contributed by atoms with Crippen molar-refractivity contribution >= 4 is 6.09 Å². The Kier molecular flexibility index (Phi) is 4.63.